The van der Waals surface area contributed by atoms with E-state index in [9.17, 15) is 5.11 Å². The Hall–Kier alpha value is -0.780. The van der Waals surface area contributed by atoms with Crippen LogP contribution in [0.3, 0.4) is 0 Å². The normalized spacial score (nSPS) is 23.7. The number of nitrogens with one attached hydrogen (secondary N) is 1. The molecule has 0 bridgehead atoms. The fourth-order valence-corrected chi connectivity index (χ4v) is 2.19. The molecule has 1 aliphatic heterocycles. The topological polar surface area (TPSA) is 50.7 Å². The highest BCUT2D eigenvalue weighted by Gasteiger charge is 2.25. The smallest absolute Gasteiger partial charge is 0.161 e. The van der Waals surface area contributed by atoms with Gasteiger partial charge in [0.05, 0.1) is 19.8 Å². The molecule has 94 valence electrons. The number of methoxy groups -OCH3 is 1. The minimum atomic E-state index is -0.323. The summed E-state index contributed by atoms with van der Waals surface area (Å²) in [5, 5.41) is 12.8. The highest BCUT2D eigenvalue weighted by molar-refractivity contribution is 9.10. The third kappa shape index (κ3) is 3.12. The van der Waals surface area contributed by atoms with Gasteiger partial charge < -0.3 is 19.9 Å². The second kappa shape index (κ2) is 5.71. The van der Waals surface area contributed by atoms with Gasteiger partial charge in [0.15, 0.2) is 11.5 Å². The first-order chi connectivity index (χ1) is 8.20. The van der Waals surface area contributed by atoms with E-state index in [-0.39, 0.29) is 12.0 Å². The molecule has 1 aromatic carbocycles. The Morgan fingerprint density at radius 1 is 1.41 bits per heavy atom. The lowest BCUT2D eigenvalue weighted by atomic mass is 10.1. The number of ether oxygens (including phenoxy) is 2. The maximum atomic E-state index is 9.66. The first-order valence-electron chi connectivity index (χ1n) is 5.56. The number of β-amino-alcohol motifs (C(OH)–C–C–N with tert-alkyl or cyclic N) is 1. The van der Waals surface area contributed by atoms with Crippen LogP contribution in [0.2, 0.25) is 0 Å². The lowest BCUT2D eigenvalue weighted by Crippen LogP contribution is -2.24. The average molecular weight is 302 g/mol. The van der Waals surface area contributed by atoms with Gasteiger partial charge in [0.2, 0.25) is 0 Å². The van der Waals surface area contributed by atoms with Crippen LogP contribution in [-0.2, 0) is 0 Å². The van der Waals surface area contributed by atoms with Crippen LogP contribution < -0.4 is 14.8 Å². The minimum Gasteiger partial charge on any atom is -0.493 e. The fourth-order valence-electron chi connectivity index (χ4n) is 1.85. The molecule has 2 atom stereocenters. The standard InChI is InChI=1S/C12H16BrNO3/c1-16-12-4-9(13)2-3-11(12)17-7-8-5-14-6-10(8)15/h2-4,8,10,14-15H,5-7H2,1H3. The second-order valence-electron chi connectivity index (χ2n) is 4.09. The van der Waals surface area contributed by atoms with E-state index < -0.39 is 0 Å². The van der Waals surface area contributed by atoms with Crippen molar-refractivity contribution in [2.45, 2.75) is 6.10 Å². The Morgan fingerprint density at radius 3 is 2.88 bits per heavy atom. The summed E-state index contributed by atoms with van der Waals surface area (Å²) in [5.41, 5.74) is 0. The molecule has 1 aromatic rings. The van der Waals surface area contributed by atoms with Crippen molar-refractivity contribution in [2.75, 3.05) is 26.8 Å². The quantitative estimate of drug-likeness (QED) is 0.883. The van der Waals surface area contributed by atoms with E-state index in [0.717, 1.165) is 11.0 Å². The third-order valence-corrected chi connectivity index (χ3v) is 3.38. The predicted octanol–water partition coefficient (Wildman–Crippen LogP) is 1.42. The number of hydrogen-bond donors (Lipinski definition) is 2. The summed E-state index contributed by atoms with van der Waals surface area (Å²) in [4.78, 5) is 0. The van der Waals surface area contributed by atoms with Crippen molar-refractivity contribution in [2.24, 2.45) is 5.92 Å². The molecule has 2 unspecified atom stereocenters. The zero-order valence-electron chi connectivity index (χ0n) is 9.65. The van der Waals surface area contributed by atoms with Gasteiger partial charge in [-0.05, 0) is 18.2 Å². The summed E-state index contributed by atoms with van der Waals surface area (Å²) in [6.45, 7) is 1.93. The molecule has 17 heavy (non-hydrogen) atoms. The van der Waals surface area contributed by atoms with Gasteiger partial charge in [0.1, 0.15) is 0 Å². The van der Waals surface area contributed by atoms with Gasteiger partial charge in [-0.1, -0.05) is 15.9 Å². The highest BCUT2D eigenvalue weighted by atomic mass is 79.9. The minimum absolute atomic E-state index is 0.142. The molecule has 4 nitrogen and oxygen atoms in total. The number of aliphatic hydroxyl groups excluding tert-OH is 1. The molecule has 0 spiro atoms. The molecule has 5 heteroatoms. The lowest BCUT2D eigenvalue weighted by molar-refractivity contribution is 0.111. The SMILES string of the molecule is COc1cc(Br)ccc1OCC1CNCC1O. The maximum Gasteiger partial charge on any atom is 0.161 e. The molecule has 0 saturated carbocycles. The van der Waals surface area contributed by atoms with Crippen molar-refractivity contribution in [3.63, 3.8) is 0 Å². The number of halogens is 1. The molecule has 1 saturated heterocycles. The van der Waals surface area contributed by atoms with Crippen LogP contribution in [0.25, 0.3) is 0 Å². The Kier molecular flexibility index (Phi) is 4.25. The fraction of sp³-hybridized carbons (Fsp3) is 0.500. The Labute approximate surface area is 109 Å². The Balaban J connectivity index is 1.98. The largest absolute Gasteiger partial charge is 0.493 e. The van der Waals surface area contributed by atoms with Crippen LogP contribution in [0.1, 0.15) is 0 Å². The van der Waals surface area contributed by atoms with Crippen LogP contribution in [0.4, 0.5) is 0 Å². The second-order valence-corrected chi connectivity index (χ2v) is 5.01. The summed E-state index contributed by atoms with van der Waals surface area (Å²) in [7, 11) is 1.61. The van der Waals surface area contributed by atoms with Gasteiger partial charge in [0.25, 0.3) is 0 Å². The monoisotopic (exact) mass is 301 g/mol. The van der Waals surface area contributed by atoms with E-state index >= 15 is 0 Å². The molecule has 1 aliphatic rings. The van der Waals surface area contributed by atoms with E-state index in [1.165, 1.54) is 0 Å². The van der Waals surface area contributed by atoms with Crippen LogP contribution in [0, 0.1) is 5.92 Å². The van der Waals surface area contributed by atoms with Crippen molar-refractivity contribution in [1.29, 1.82) is 0 Å². The molecule has 0 aliphatic carbocycles. The van der Waals surface area contributed by atoms with E-state index in [0.29, 0.717) is 24.7 Å². The molecule has 2 rings (SSSR count). The zero-order valence-corrected chi connectivity index (χ0v) is 11.2. The first-order valence-corrected chi connectivity index (χ1v) is 6.35. The molecule has 0 radical (unpaired) electrons. The summed E-state index contributed by atoms with van der Waals surface area (Å²) >= 11 is 3.38. The Morgan fingerprint density at radius 2 is 2.24 bits per heavy atom. The van der Waals surface area contributed by atoms with Crippen LogP contribution >= 0.6 is 15.9 Å². The number of aliphatic hydroxyl groups is 1. The summed E-state index contributed by atoms with van der Waals surface area (Å²) in [6.07, 6.45) is -0.323. The van der Waals surface area contributed by atoms with Gasteiger partial charge in [-0.2, -0.15) is 0 Å². The molecule has 0 aromatic heterocycles. The molecule has 1 fully saturated rings. The van der Waals surface area contributed by atoms with Crippen molar-refractivity contribution < 1.29 is 14.6 Å². The van der Waals surface area contributed by atoms with Gasteiger partial charge in [-0.15, -0.1) is 0 Å². The highest BCUT2D eigenvalue weighted by Crippen LogP contribution is 2.30. The van der Waals surface area contributed by atoms with Gasteiger partial charge >= 0.3 is 0 Å². The van der Waals surface area contributed by atoms with E-state index in [1.807, 2.05) is 18.2 Å². The zero-order chi connectivity index (χ0) is 12.3. The molecule has 1 heterocycles. The molecular formula is C12H16BrNO3. The van der Waals surface area contributed by atoms with Crippen molar-refractivity contribution in [3.8, 4) is 11.5 Å². The van der Waals surface area contributed by atoms with Crippen LogP contribution in [-0.4, -0.2) is 38.0 Å². The third-order valence-electron chi connectivity index (χ3n) is 2.88. The molecule has 0 amide bonds. The van der Waals surface area contributed by atoms with Crippen molar-refractivity contribution >= 4 is 15.9 Å². The van der Waals surface area contributed by atoms with E-state index in [2.05, 4.69) is 21.2 Å². The summed E-state index contributed by atoms with van der Waals surface area (Å²) < 4.78 is 11.9. The molecule has 2 N–H and O–H groups in total. The van der Waals surface area contributed by atoms with Crippen LogP contribution in [0.15, 0.2) is 22.7 Å². The predicted molar refractivity (Wildman–Crippen MR) is 68.6 cm³/mol. The van der Waals surface area contributed by atoms with Crippen molar-refractivity contribution in [3.05, 3.63) is 22.7 Å². The Bertz CT molecular complexity index is 386. The van der Waals surface area contributed by atoms with Gasteiger partial charge in [0, 0.05) is 23.5 Å². The average Bonchev–Trinajstić information content (AvgIpc) is 2.73. The maximum absolute atomic E-state index is 9.66. The van der Waals surface area contributed by atoms with E-state index in [1.54, 1.807) is 7.11 Å². The summed E-state index contributed by atoms with van der Waals surface area (Å²) in [6, 6.07) is 5.62. The lowest BCUT2D eigenvalue weighted by Gasteiger charge is -2.16. The van der Waals surface area contributed by atoms with Gasteiger partial charge in [-0.3, -0.25) is 0 Å². The van der Waals surface area contributed by atoms with Gasteiger partial charge in [-0.25, -0.2) is 0 Å². The number of hydrogen-bond acceptors (Lipinski definition) is 4. The first kappa shape index (κ1) is 12.7. The number of benzene rings is 1. The van der Waals surface area contributed by atoms with E-state index in [4.69, 9.17) is 9.47 Å². The molecular weight excluding hydrogens is 286 g/mol. The summed E-state index contributed by atoms with van der Waals surface area (Å²) in [5.74, 6) is 1.54. The van der Waals surface area contributed by atoms with Crippen molar-refractivity contribution in [1.82, 2.24) is 5.32 Å². The van der Waals surface area contributed by atoms with Crippen LogP contribution in [0.5, 0.6) is 11.5 Å². The number of rotatable bonds is 4.